The second-order valence-corrected chi connectivity index (χ2v) is 6.38. The molecule has 2 aromatic rings. The number of aromatic nitrogens is 1. The predicted molar refractivity (Wildman–Crippen MR) is 104 cm³/mol. The number of hydrogen-bond acceptors (Lipinski definition) is 5. The van der Waals surface area contributed by atoms with Gasteiger partial charge in [-0.2, -0.15) is 0 Å². The van der Waals surface area contributed by atoms with E-state index in [-0.39, 0.29) is 11.8 Å². The highest BCUT2D eigenvalue weighted by Crippen LogP contribution is 2.11. The number of nitrogens with one attached hydrogen (secondary N) is 2. The van der Waals surface area contributed by atoms with Crippen molar-refractivity contribution in [2.24, 2.45) is 0 Å². The van der Waals surface area contributed by atoms with E-state index in [0.717, 1.165) is 17.9 Å². The molecule has 0 fully saturated rings. The molecule has 144 valence electrons. The molecule has 1 heterocycles. The molecule has 0 aliphatic heterocycles. The Morgan fingerprint density at radius 3 is 2.15 bits per heavy atom. The lowest BCUT2D eigenvalue weighted by atomic mass is 10.1. The number of hydrogen-bond donors (Lipinski definition) is 2. The molecule has 1 aromatic carbocycles. The summed E-state index contributed by atoms with van der Waals surface area (Å²) >= 11 is 0. The third-order valence-corrected chi connectivity index (χ3v) is 3.97. The zero-order valence-corrected chi connectivity index (χ0v) is 16.0. The number of benzene rings is 1. The summed E-state index contributed by atoms with van der Waals surface area (Å²) in [6, 6.07) is 9.26. The number of amides is 2. The first-order valence-corrected chi connectivity index (χ1v) is 8.78. The Morgan fingerprint density at radius 2 is 1.59 bits per heavy atom. The first-order valence-electron chi connectivity index (χ1n) is 8.78. The molecule has 0 aliphatic rings. The number of ether oxygens (including phenoxy) is 1. The van der Waals surface area contributed by atoms with Gasteiger partial charge in [0.25, 0.3) is 11.8 Å². The molecule has 0 spiro atoms. The van der Waals surface area contributed by atoms with E-state index in [0.29, 0.717) is 30.6 Å². The van der Waals surface area contributed by atoms with E-state index in [9.17, 15) is 9.59 Å². The van der Waals surface area contributed by atoms with Crippen LogP contribution in [0.5, 0.6) is 5.75 Å². The van der Waals surface area contributed by atoms with E-state index in [1.165, 1.54) is 12.4 Å². The molecule has 0 bridgehead atoms. The molecule has 2 N–H and O–H groups in total. The van der Waals surface area contributed by atoms with Gasteiger partial charge < -0.3 is 20.3 Å². The van der Waals surface area contributed by atoms with Crippen LogP contribution in [0, 0.1) is 0 Å². The lowest BCUT2D eigenvalue weighted by Gasteiger charge is -2.11. The Kier molecular flexibility index (Phi) is 7.76. The fraction of sp³-hybridized carbons (Fsp3) is 0.350. The molecule has 2 amide bonds. The molecular formula is C20H26N4O3. The molecule has 2 rings (SSSR count). The minimum absolute atomic E-state index is 0.239. The van der Waals surface area contributed by atoms with Gasteiger partial charge in [-0.15, -0.1) is 0 Å². The van der Waals surface area contributed by atoms with Crippen LogP contribution in [0.3, 0.4) is 0 Å². The second kappa shape index (κ2) is 10.3. The van der Waals surface area contributed by atoms with Crippen LogP contribution < -0.4 is 15.4 Å². The van der Waals surface area contributed by atoms with Crippen molar-refractivity contribution >= 4 is 11.8 Å². The lowest BCUT2D eigenvalue weighted by Crippen LogP contribution is -2.31. The molecule has 27 heavy (non-hydrogen) atoms. The van der Waals surface area contributed by atoms with E-state index in [2.05, 4.69) is 15.6 Å². The first-order chi connectivity index (χ1) is 13.0. The Labute approximate surface area is 159 Å². The molecule has 0 aliphatic carbocycles. The topological polar surface area (TPSA) is 83.6 Å². The maximum atomic E-state index is 12.3. The summed E-state index contributed by atoms with van der Waals surface area (Å²) in [4.78, 5) is 30.4. The van der Waals surface area contributed by atoms with Gasteiger partial charge in [0.1, 0.15) is 5.75 Å². The van der Waals surface area contributed by atoms with Gasteiger partial charge >= 0.3 is 0 Å². The summed E-state index contributed by atoms with van der Waals surface area (Å²) in [5, 5.41) is 5.66. The van der Waals surface area contributed by atoms with Crippen LogP contribution in [0.25, 0.3) is 0 Å². The van der Waals surface area contributed by atoms with Crippen molar-refractivity contribution in [3.63, 3.8) is 0 Å². The van der Waals surface area contributed by atoms with Gasteiger partial charge in [0.05, 0.1) is 18.2 Å². The molecule has 0 unspecified atom stereocenters. The summed E-state index contributed by atoms with van der Waals surface area (Å²) in [7, 11) is 5.50. The Morgan fingerprint density at radius 1 is 1.00 bits per heavy atom. The smallest absolute Gasteiger partial charge is 0.252 e. The molecular weight excluding hydrogens is 344 g/mol. The van der Waals surface area contributed by atoms with Gasteiger partial charge in [-0.25, -0.2) is 0 Å². The van der Waals surface area contributed by atoms with Crippen molar-refractivity contribution in [3.8, 4) is 5.75 Å². The number of rotatable bonds is 9. The van der Waals surface area contributed by atoms with E-state index < -0.39 is 0 Å². The van der Waals surface area contributed by atoms with Crippen molar-refractivity contribution < 1.29 is 14.3 Å². The number of pyridine rings is 1. The molecule has 7 nitrogen and oxygen atoms in total. The number of likely N-dealkylation sites (N-methyl/N-ethyl adjacent to an activating group) is 1. The van der Waals surface area contributed by atoms with Crippen LogP contribution in [-0.4, -0.2) is 62.5 Å². The average molecular weight is 370 g/mol. The zero-order chi connectivity index (χ0) is 19.6. The summed E-state index contributed by atoms with van der Waals surface area (Å²) in [5.41, 5.74) is 1.84. The average Bonchev–Trinajstić information content (AvgIpc) is 2.68. The zero-order valence-electron chi connectivity index (χ0n) is 16.0. The SMILES string of the molecule is COc1ccc(CCNC(=O)c2cncc(C(=O)NCCN(C)C)c2)cc1. The van der Waals surface area contributed by atoms with Crippen molar-refractivity contribution in [1.29, 1.82) is 0 Å². The summed E-state index contributed by atoms with van der Waals surface area (Å²) in [6.45, 7) is 1.76. The van der Waals surface area contributed by atoms with Gasteiger partial charge in [0.15, 0.2) is 0 Å². The molecule has 0 saturated heterocycles. The molecule has 0 saturated carbocycles. The molecule has 0 atom stereocenters. The third kappa shape index (κ3) is 6.71. The van der Waals surface area contributed by atoms with Crippen molar-refractivity contribution in [3.05, 3.63) is 59.4 Å². The minimum Gasteiger partial charge on any atom is -0.497 e. The fourth-order valence-corrected chi connectivity index (χ4v) is 2.40. The maximum absolute atomic E-state index is 12.3. The molecule has 1 aromatic heterocycles. The van der Waals surface area contributed by atoms with Gasteiger partial charge in [-0.05, 0) is 44.3 Å². The van der Waals surface area contributed by atoms with Gasteiger partial charge in [-0.1, -0.05) is 12.1 Å². The standard InChI is InChI=1S/C20H26N4O3/c1-24(2)11-10-23-20(26)17-12-16(13-21-14-17)19(25)22-9-8-15-4-6-18(27-3)7-5-15/h4-7,12-14H,8-11H2,1-3H3,(H,22,25)(H,23,26). The van der Waals surface area contributed by atoms with Crippen molar-refractivity contribution in [2.75, 3.05) is 40.8 Å². The van der Waals surface area contributed by atoms with Crippen LogP contribution in [0.1, 0.15) is 26.3 Å². The number of carbonyl (C=O) groups is 2. The quantitative estimate of drug-likeness (QED) is 0.696. The van der Waals surface area contributed by atoms with Crippen LogP contribution in [-0.2, 0) is 6.42 Å². The minimum atomic E-state index is -0.251. The second-order valence-electron chi connectivity index (χ2n) is 6.38. The van der Waals surface area contributed by atoms with E-state index >= 15 is 0 Å². The monoisotopic (exact) mass is 370 g/mol. The Balaban J connectivity index is 1.85. The summed E-state index contributed by atoms with van der Waals surface area (Å²) in [5.74, 6) is 0.311. The van der Waals surface area contributed by atoms with E-state index in [1.54, 1.807) is 13.2 Å². The highest BCUT2D eigenvalue weighted by molar-refractivity contribution is 5.99. The lowest BCUT2D eigenvalue weighted by molar-refractivity contribution is 0.0950. The maximum Gasteiger partial charge on any atom is 0.252 e. The van der Waals surface area contributed by atoms with Crippen LogP contribution in [0.4, 0.5) is 0 Å². The predicted octanol–water partition coefficient (Wildman–Crippen LogP) is 1.35. The van der Waals surface area contributed by atoms with Crippen LogP contribution in [0.2, 0.25) is 0 Å². The van der Waals surface area contributed by atoms with Gasteiger partial charge in [-0.3, -0.25) is 14.6 Å². The molecule has 7 heteroatoms. The normalized spacial score (nSPS) is 10.5. The number of methoxy groups -OCH3 is 1. The summed E-state index contributed by atoms with van der Waals surface area (Å²) < 4.78 is 5.12. The number of carbonyl (C=O) groups excluding carboxylic acids is 2. The van der Waals surface area contributed by atoms with E-state index in [4.69, 9.17) is 4.74 Å². The molecule has 0 radical (unpaired) electrons. The Hall–Kier alpha value is -2.93. The first kappa shape index (κ1) is 20.4. The van der Waals surface area contributed by atoms with Gasteiger partial charge in [0, 0.05) is 32.0 Å². The fourth-order valence-electron chi connectivity index (χ4n) is 2.40. The largest absolute Gasteiger partial charge is 0.497 e. The number of nitrogens with zero attached hydrogens (tertiary/aromatic N) is 2. The highest BCUT2D eigenvalue weighted by Gasteiger charge is 2.11. The van der Waals surface area contributed by atoms with Crippen LogP contribution in [0.15, 0.2) is 42.7 Å². The Bertz CT molecular complexity index is 760. The van der Waals surface area contributed by atoms with E-state index in [1.807, 2.05) is 43.3 Å². The van der Waals surface area contributed by atoms with Crippen molar-refractivity contribution in [2.45, 2.75) is 6.42 Å². The van der Waals surface area contributed by atoms with Gasteiger partial charge in [0.2, 0.25) is 0 Å². The van der Waals surface area contributed by atoms with Crippen LogP contribution >= 0.6 is 0 Å². The third-order valence-electron chi connectivity index (χ3n) is 3.97. The highest BCUT2D eigenvalue weighted by atomic mass is 16.5. The van der Waals surface area contributed by atoms with Crippen molar-refractivity contribution in [1.82, 2.24) is 20.5 Å². The summed E-state index contributed by atoms with van der Waals surface area (Å²) in [6.07, 6.45) is 3.62.